The minimum Gasteiger partial charge on any atom is -0.490 e. The molecule has 2 aliphatic rings. The predicted octanol–water partition coefficient (Wildman–Crippen LogP) is 2.83. The fraction of sp³-hybridized carbons (Fsp3) is 0.731. The van der Waals surface area contributed by atoms with Gasteiger partial charge in [0.15, 0.2) is 0 Å². The lowest BCUT2D eigenvalue weighted by Crippen LogP contribution is -2.54. The molecule has 198 valence electrons. The maximum absolute atomic E-state index is 13.6. The van der Waals surface area contributed by atoms with Gasteiger partial charge in [0, 0.05) is 51.5 Å². The van der Waals surface area contributed by atoms with Crippen molar-refractivity contribution in [1.82, 2.24) is 9.80 Å². The van der Waals surface area contributed by atoms with Crippen LogP contribution in [0.4, 0.5) is 8.78 Å². The number of β-amino-alcohol motifs (C(OH)–C–C–N with tert-alkyl or cyclic N) is 2. The minimum absolute atomic E-state index is 0.0198. The van der Waals surface area contributed by atoms with Crippen LogP contribution in [-0.2, 0) is 9.53 Å². The molecule has 7 nitrogen and oxygen atoms in total. The third-order valence-electron chi connectivity index (χ3n) is 7.31. The second kappa shape index (κ2) is 11.1. The molecule has 1 heterocycles. The molecule has 0 unspecified atom stereocenters. The molecule has 1 amide bonds. The van der Waals surface area contributed by atoms with E-state index in [2.05, 4.69) is 20.8 Å². The molecule has 1 aromatic rings. The summed E-state index contributed by atoms with van der Waals surface area (Å²) in [6.07, 6.45) is 3.22. The van der Waals surface area contributed by atoms with E-state index in [4.69, 9.17) is 9.47 Å². The van der Waals surface area contributed by atoms with E-state index in [1.807, 2.05) is 4.90 Å². The largest absolute Gasteiger partial charge is 0.490 e. The van der Waals surface area contributed by atoms with E-state index in [1.54, 1.807) is 0 Å². The molecule has 1 atom stereocenters. The van der Waals surface area contributed by atoms with E-state index in [-0.39, 0.29) is 43.4 Å². The number of hydrogen-bond donors (Lipinski definition) is 2. The van der Waals surface area contributed by atoms with Gasteiger partial charge in [0.2, 0.25) is 5.91 Å². The number of aliphatic hydroxyl groups is 2. The summed E-state index contributed by atoms with van der Waals surface area (Å²) in [5.41, 5.74) is -2.19. The standard InChI is InChI=1S/C26H40F2N2O5/c1-24(2,3)19-5-7-25(32,8-6-19)15-29-9-10-30(23(31)14-34-4)17-26(33,16-29)18-35-22-12-20(27)11-21(28)13-22/h11-13,19,32-33H,5-10,14-18H2,1-4H3/t19?,25?,26-/m0/s1. The van der Waals surface area contributed by atoms with Crippen molar-refractivity contribution in [3.8, 4) is 5.75 Å². The average Bonchev–Trinajstić information content (AvgIpc) is 2.90. The average molecular weight is 499 g/mol. The number of hydrogen-bond acceptors (Lipinski definition) is 6. The Balaban J connectivity index is 1.72. The number of methoxy groups -OCH3 is 1. The van der Waals surface area contributed by atoms with Crippen LogP contribution in [0.3, 0.4) is 0 Å². The van der Waals surface area contributed by atoms with Gasteiger partial charge < -0.3 is 24.6 Å². The van der Waals surface area contributed by atoms with Crippen LogP contribution >= 0.6 is 0 Å². The highest BCUT2D eigenvalue weighted by Gasteiger charge is 2.42. The zero-order valence-corrected chi connectivity index (χ0v) is 21.4. The van der Waals surface area contributed by atoms with Gasteiger partial charge in [-0.15, -0.1) is 0 Å². The van der Waals surface area contributed by atoms with Gasteiger partial charge >= 0.3 is 0 Å². The first-order chi connectivity index (χ1) is 16.3. The van der Waals surface area contributed by atoms with Crippen LogP contribution < -0.4 is 4.74 Å². The lowest BCUT2D eigenvalue weighted by atomic mass is 9.68. The SMILES string of the molecule is COCC(=O)N1CCN(CC2(O)CCC(C(C)(C)C)CC2)C[C@@](O)(COc2cc(F)cc(F)c2)C1. The van der Waals surface area contributed by atoms with Crippen molar-refractivity contribution in [2.75, 3.05) is 53.0 Å². The Hall–Kier alpha value is -1.81. The summed E-state index contributed by atoms with van der Waals surface area (Å²) in [7, 11) is 1.43. The number of carbonyl (C=O) groups is 1. The highest BCUT2D eigenvalue weighted by atomic mass is 19.1. The zero-order chi connectivity index (χ0) is 25.9. The van der Waals surface area contributed by atoms with Gasteiger partial charge in [-0.1, -0.05) is 20.8 Å². The van der Waals surface area contributed by atoms with Crippen LogP contribution in [-0.4, -0.2) is 90.2 Å². The summed E-state index contributed by atoms with van der Waals surface area (Å²) >= 11 is 0. The molecule has 1 saturated carbocycles. The monoisotopic (exact) mass is 498 g/mol. The van der Waals surface area contributed by atoms with Crippen molar-refractivity contribution < 1.29 is 33.3 Å². The van der Waals surface area contributed by atoms with Gasteiger partial charge in [-0.05, 0) is 37.0 Å². The third-order valence-corrected chi connectivity index (χ3v) is 7.31. The Bertz CT molecular complexity index is 850. The fourth-order valence-electron chi connectivity index (χ4n) is 5.32. The normalized spacial score (nSPS) is 28.6. The fourth-order valence-corrected chi connectivity index (χ4v) is 5.32. The molecule has 9 heteroatoms. The van der Waals surface area contributed by atoms with Gasteiger partial charge in [0.05, 0.1) is 12.1 Å². The highest BCUT2D eigenvalue weighted by Crippen LogP contribution is 2.41. The molecule has 35 heavy (non-hydrogen) atoms. The Morgan fingerprint density at radius 1 is 1.06 bits per heavy atom. The van der Waals surface area contributed by atoms with Crippen molar-refractivity contribution in [2.24, 2.45) is 11.3 Å². The van der Waals surface area contributed by atoms with Crippen LogP contribution in [0, 0.1) is 23.0 Å². The molecule has 0 aromatic heterocycles. The first-order valence-electron chi connectivity index (χ1n) is 12.3. The topological polar surface area (TPSA) is 82.5 Å². The summed E-state index contributed by atoms with van der Waals surface area (Å²) in [6, 6.07) is 2.84. The molecular weight excluding hydrogens is 458 g/mol. The van der Waals surface area contributed by atoms with Crippen LogP contribution in [0.25, 0.3) is 0 Å². The van der Waals surface area contributed by atoms with Gasteiger partial charge in [-0.25, -0.2) is 8.78 Å². The first kappa shape index (κ1) is 27.8. The lowest BCUT2D eigenvalue weighted by Gasteiger charge is -2.43. The molecule has 1 saturated heterocycles. The van der Waals surface area contributed by atoms with Crippen LogP contribution in [0.5, 0.6) is 5.75 Å². The second-order valence-electron chi connectivity index (χ2n) is 11.4. The zero-order valence-electron chi connectivity index (χ0n) is 21.4. The van der Waals surface area contributed by atoms with Gasteiger partial charge in [-0.2, -0.15) is 0 Å². The van der Waals surface area contributed by atoms with E-state index >= 15 is 0 Å². The van der Waals surface area contributed by atoms with Gasteiger partial charge in [-0.3, -0.25) is 9.69 Å². The van der Waals surface area contributed by atoms with E-state index in [9.17, 15) is 23.8 Å². The summed E-state index contributed by atoms with van der Waals surface area (Å²) in [5.74, 6) is -1.32. The van der Waals surface area contributed by atoms with Crippen molar-refractivity contribution >= 4 is 5.91 Å². The molecule has 0 bridgehead atoms. The van der Waals surface area contributed by atoms with E-state index < -0.39 is 22.8 Å². The molecular formula is C26H40F2N2O5. The summed E-state index contributed by atoms with van der Waals surface area (Å²) < 4.78 is 37.7. The summed E-state index contributed by atoms with van der Waals surface area (Å²) in [4.78, 5) is 16.1. The van der Waals surface area contributed by atoms with Crippen LogP contribution in [0.2, 0.25) is 0 Å². The number of carbonyl (C=O) groups excluding carboxylic acids is 1. The predicted molar refractivity (Wildman–Crippen MR) is 128 cm³/mol. The smallest absolute Gasteiger partial charge is 0.248 e. The molecule has 1 aliphatic carbocycles. The first-order valence-corrected chi connectivity index (χ1v) is 12.3. The van der Waals surface area contributed by atoms with E-state index in [0.717, 1.165) is 31.0 Å². The number of halogens is 2. The Kier molecular flexibility index (Phi) is 8.78. The highest BCUT2D eigenvalue weighted by molar-refractivity contribution is 5.77. The van der Waals surface area contributed by atoms with Crippen molar-refractivity contribution in [3.05, 3.63) is 29.8 Å². The van der Waals surface area contributed by atoms with Crippen LogP contribution in [0.15, 0.2) is 18.2 Å². The van der Waals surface area contributed by atoms with Crippen molar-refractivity contribution in [3.63, 3.8) is 0 Å². The van der Waals surface area contributed by atoms with Crippen molar-refractivity contribution in [2.45, 2.75) is 57.7 Å². The van der Waals surface area contributed by atoms with E-state index in [0.29, 0.717) is 38.4 Å². The molecule has 1 aliphatic heterocycles. The number of benzene rings is 1. The number of nitrogens with zero attached hydrogens (tertiary/aromatic N) is 2. The summed E-state index contributed by atoms with van der Waals surface area (Å²) in [5, 5.41) is 22.9. The number of rotatable bonds is 7. The number of amides is 1. The molecule has 2 N–H and O–H groups in total. The Morgan fingerprint density at radius 3 is 2.26 bits per heavy atom. The second-order valence-corrected chi connectivity index (χ2v) is 11.4. The van der Waals surface area contributed by atoms with Gasteiger partial charge in [0.1, 0.15) is 36.2 Å². The third kappa shape index (κ3) is 7.84. The van der Waals surface area contributed by atoms with Crippen LogP contribution in [0.1, 0.15) is 46.5 Å². The van der Waals surface area contributed by atoms with E-state index in [1.165, 1.54) is 12.0 Å². The molecule has 0 spiro atoms. The molecule has 1 aromatic carbocycles. The minimum atomic E-state index is -1.51. The van der Waals surface area contributed by atoms with Crippen molar-refractivity contribution in [1.29, 1.82) is 0 Å². The lowest BCUT2D eigenvalue weighted by molar-refractivity contribution is -0.138. The Morgan fingerprint density at radius 2 is 1.69 bits per heavy atom. The quantitative estimate of drug-likeness (QED) is 0.602. The maximum Gasteiger partial charge on any atom is 0.248 e. The molecule has 2 fully saturated rings. The molecule has 0 radical (unpaired) electrons. The molecule has 3 rings (SSSR count). The Labute approximate surface area is 207 Å². The van der Waals surface area contributed by atoms with Gasteiger partial charge in [0.25, 0.3) is 0 Å². The number of ether oxygens (including phenoxy) is 2. The summed E-state index contributed by atoms with van der Waals surface area (Å²) in [6.45, 7) is 7.62. The maximum atomic E-state index is 13.6.